The van der Waals surface area contributed by atoms with Crippen LogP contribution in [0.25, 0.3) is 0 Å². The molecular weight excluding hydrogens is 272 g/mol. The van der Waals surface area contributed by atoms with Gasteiger partial charge >= 0.3 is 0 Å². The molecule has 1 fully saturated rings. The number of benzene rings is 1. The molecule has 1 aromatic rings. The van der Waals surface area contributed by atoms with E-state index in [-0.39, 0.29) is 4.90 Å². The van der Waals surface area contributed by atoms with Crippen LogP contribution in [0.3, 0.4) is 0 Å². The van der Waals surface area contributed by atoms with Gasteiger partial charge in [0, 0.05) is 11.7 Å². The summed E-state index contributed by atoms with van der Waals surface area (Å²) < 4.78 is 23.1. The molecular formula is C15H24N2O2S. The molecule has 3 N–H and O–H groups in total. The minimum Gasteiger partial charge on any atom is -0.382 e. The first kappa shape index (κ1) is 15.3. The molecule has 2 rings (SSSR count). The van der Waals surface area contributed by atoms with Crippen molar-refractivity contribution in [3.8, 4) is 0 Å². The summed E-state index contributed by atoms with van der Waals surface area (Å²) in [5, 5.41) is 8.73. The van der Waals surface area contributed by atoms with Crippen molar-refractivity contribution in [3.63, 3.8) is 0 Å². The number of hydrogen-bond acceptors (Lipinski definition) is 3. The minimum absolute atomic E-state index is 0.213. The molecule has 0 spiro atoms. The summed E-state index contributed by atoms with van der Waals surface area (Å²) >= 11 is 0. The fourth-order valence-electron chi connectivity index (χ4n) is 3.01. The van der Waals surface area contributed by atoms with Gasteiger partial charge in [0.15, 0.2) is 0 Å². The Morgan fingerprint density at radius 1 is 1.25 bits per heavy atom. The molecule has 1 aliphatic rings. The van der Waals surface area contributed by atoms with E-state index >= 15 is 0 Å². The molecule has 1 aromatic carbocycles. The standard InChI is InChI=1S/C15H24N2O2S/c1-3-12-7-9-13(10-8-12)17-14-5-4-6-15(11(14)2)20(16,18)19/h4-6,12-13,17H,3,7-10H2,1-2H3,(H2,16,18,19). The maximum atomic E-state index is 11.5. The summed E-state index contributed by atoms with van der Waals surface area (Å²) in [6.07, 6.45) is 6.06. The van der Waals surface area contributed by atoms with Gasteiger partial charge in [-0.25, -0.2) is 13.6 Å². The first-order valence-corrected chi connectivity index (χ1v) is 8.85. The van der Waals surface area contributed by atoms with Gasteiger partial charge in [0.2, 0.25) is 10.0 Å². The van der Waals surface area contributed by atoms with E-state index in [9.17, 15) is 8.42 Å². The van der Waals surface area contributed by atoms with E-state index in [0.717, 1.165) is 24.4 Å². The molecule has 4 nitrogen and oxygen atoms in total. The molecule has 0 bridgehead atoms. The molecule has 0 aromatic heterocycles. The average molecular weight is 296 g/mol. The first-order valence-electron chi connectivity index (χ1n) is 7.30. The summed E-state index contributed by atoms with van der Waals surface area (Å²) in [7, 11) is -3.65. The Labute approximate surface area is 121 Å². The number of nitrogens with two attached hydrogens (primary N) is 1. The molecule has 1 aliphatic carbocycles. The summed E-state index contributed by atoms with van der Waals surface area (Å²) in [6, 6.07) is 5.67. The molecule has 20 heavy (non-hydrogen) atoms. The van der Waals surface area contributed by atoms with E-state index in [1.54, 1.807) is 19.1 Å². The fraction of sp³-hybridized carbons (Fsp3) is 0.600. The van der Waals surface area contributed by atoms with E-state index in [1.807, 2.05) is 6.07 Å². The predicted molar refractivity (Wildman–Crippen MR) is 82.2 cm³/mol. The fourth-order valence-corrected chi connectivity index (χ4v) is 3.82. The third kappa shape index (κ3) is 3.52. The molecule has 112 valence electrons. The number of rotatable bonds is 4. The van der Waals surface area contributed by atoms with Crippen LogP contribution in [-0.4, -0.2) is 14.5 Å². The van der Waals surface area contributed by atoms with Crippen molar-refractivity contribution in [3.05, 3.63) is 23.8 Å². The summed E-state index contributed by atoms with van der Waals surface area (Å²) in [5.41, 5.74) is 1.60. The summed E-state index contributed by atoms with van der Waals surface area (Å²) in [4.78, 5) is 0.213. The van der Waals surface area contributed by atoms with E-state index in [4.69, 9.17) is 5.14 Å². The van der Waals surface area contributed by atoms with Crippen LogP contribution < -0.4 is 10.5 Å². The second kappa shape index (κ2) is 6.14. The maximum Gasteiger partial charge on any atom is 0.238 e. The van der Waals surface area contributed by atoms with Crippen molar-refractivity contribution in [2.45, 2.75) is 56.9 Å². The van der Waals surface area contributed by atoms with Gasteiger partial charge in [0.1, 0.15) is 0 Å². The number of hydrogen-bond donors (Lipinski definition) is 2. The third-order valence-electron chi connectivity index (χ3n) is 4.37. The van der Waals surface area contributed by atoms with Gasteiger partial charge in [-0.1, -0.05) is 19.4 Å². The highest BCUT2D eigenvalue weighted by molar-refractivity contribution is 7.89. The monoisotopic (exact) mass is 296 g/mol. The Morgan fingerprint density at radius 3 is 2.45 bits per heavy atom. The second-order valence-corrected chi connectivity index (χ2v) is 7.27. The summed E-state index contributed by atoms with van der Waals surface area (Å²) in [6.45, 7) is 4.05. The Balaban J connectivity index is 2.11. The molecule has 5 heteroatoms. The number of anilines is 1. The smallest absolute Gasteiger partial charge is 0.238 e. The largest absolute Gasteiger partial charge is 0.382 e. The van der Waals surface area contributed by atoms with Crippen LogP contribution in [0.15, 0.2) is 23.1 Å². The van der Waals surface area contributed by atoms with Crippen molar-refractivity contribution in [2.24, 2.45) is 11.1 Å². The first-order chi connectivity index (χ1) is 9.41. The Bertz CT molecular complexity index is 561. The van der Waals surface area contributed by atoms with Gasteiger partial charge in [-0.15, -0.1) is 0 Å². The van der Waals surface area contributed by atoms with E-state index in [2.05, 4.69) is 12.2 Å². The van der Waals surface area contributed by atoms with Crippen LogP contribution in [-0.2, 0) is 10.0 Å². The lowest BCUT2D eigenvalue weighted by molar-refractivity contribution is 0.330. The highest BCUT2D eigenvalue weighted by atomic mass is 32.2. The number of nitrogens with one attached hydrogen (secondary N) is 1. The SMILES string of the molecule is CCC1CCC(Nc2cccc(S(N)(=O)=O)c2C)CC1. The van der Waals surface area contributed by atoms with Gasteiger partial charge in [-0.05, 0) is 56.2 Å². The predicted octanol–water partition coefficient (Wildman–Crippen LogP) is 3.02. The lowest BCUT2D eigenvalue weighted by Crippen LogP contribution is -2.26. The van der Waals surface area contributed by atoms with Crippen LogP contribution in [0.4, 0.5) is 5.69 Å². The second-order valence-electron chi connectivity index (χ2n) is 5.74. The van der Waals surface area contributed by atoms with Gasteiger partial charge in [0.05, 0.1) is 4.90 Å². The Hall–Kier alpha value is -1.07. The zero-order chi connectivity index (χ0) is 14.8. The Morgan fingerprint density at radius 2 is 1.90 bits per heavy atom. The number of primary sulfonamides is 1. The van der Waals surface area contributed by atoms with Crippen molar-refractivity contribution < 1.29 is 8.42 Å². The van der Waals surface area contributed by atoms with Crippen LogP contribution in [0, 0.1) is 12.8 Å². The zero-order valence-corrected chi connectivity index (χ0v) is 13.0. The topological polar surface area (TPSA) is 72.2 Å². The van der Waals surface area contributed by atoms with Crippen molar-refractivity contribution >= 4 is 15.7 Å². The molecule has 0 unspecified atom stereocenters. The highest BCUT2D eigenvalue weighted by Gasteiger charge is 2.21. The van der Waals surface area contributed by atoms with E-state index in [1.165, 1.54) is 19.3 Å². The lowest BCUT2D eigenvalue weighted by atomic mass is 9.84. The van der Waals surface area contributed by atoms with E-state index in [0.29, 0.717) is 11.6 Å². The molecule has 0 aliphatic heterocycles. The summed E-state index contributed by atoms with van der Waals surface area (Å²) in [5.74, 6) is 0.852. The normalized spacial score (nSPS) is 23.6. The van der Waals surface area contributed by atoms with Crippen LogP contribution >= 0.6 is 0 Å². The third-order valence-corrected chi connectivity index (χ3v) is 5.43. The van der Waals surface area contributed by atoms with Gasteiger partial charge in [-0.3, -0.25) is 0 Å². The molecule has 0 amide bonds. The zero-order valence-electron chi connectivity index (χ0n) is 12.2. The molecule has 0 atom stereocenters. The molecule has 0 radical (unpaired) electrons. The lowest BCUT2D eigenvalue weighted by Gasteiger charge is -2.29. The van der Waals surface area contributed by atoms with Crippen molar-refractivity contribution in [1.82, 2.24) is 0 Å². The van der Waals surface area contributed by atoms with Crippen LogP contribution in [0.5, 0.6) is 0 Å². The minimum atomic E-state index is -3.65. The van der Waals surface area contributed by atoms with Crippen molar-refractivity contribution in [1.29, 1.82) is 0 Å². The van der Waals surface area contributed by atoms with Crippen LogP contribution in [0.1, 0.15) is 44.6 Å². The van der Waals surface area contributed by atoms with Gasteiger partial charge in [-0.2, -0.15) is 0 Å². The molecule has 1 saturated carbocycles. The Kier molecular flexibility index (Phi) is 4.70. The molecule has 0 saturated heterocycles. The van der Waals surface area contributed by atoms with Gasteiger partial charge in [0.25, 0.3) is 0 Å². The molecule has 0 heterocycles. The van der Waals surface area contributed by atoms with Crippen molar-refractivity contribution in [2.75, 3.05) is 5.32 Å². The quantitative estimate of drug-likeness (QED) is 0.897. The van der Waals surface area contributed by atoms with Crippen LogP contribution in [0.2, 0.25) is 0 Å². The van der Waals surface area contributed by atoms with E-state index < -0.39 is 10.0 Å². The highest BCUT2D eigenvalue weighted by Crippen LogP contribution is 2.30. The van der Waals surface area contributed by atoms with Gasteiger partial charge < -0.3 is 5.32 Å². The average Bonchev–Trinajstić information content (AvgIpc) is 2.40. The number of sulfonamides is 1. The maximum absolute atomic E-state index is 11.5.